The number of benzene rings is 2. The van der Waals surface area contributed by atoms with Crippen LogP contribution in [-0.4, -0.2) is 11.1 Å². The van der Waals surface area contributed by atoms with Crippen LogP contribution in [0.15, 0.2) is 59.3 Å². The van der Waals surface area contributed by atoms with Gasteiger partial charge in [0.1, 0.15) is 17.1 Å². The van der Waals surface area contributed by atoms with E-state index in [0.29, 0.717) is 5.02 Å². The van der Waals surface area contributed by atoms with Crippen molar-refractivity contribution in [3.05, 3.63) is 59.9 Å². The second-order valence-electron chi connectivity index (χ2n) is 7.21. The molecule has 2 aromatic heterocycles. The van der Waals surface area contributed by atoms with Gasteiger partial charge in [0.2, 0.25) is 0 Å². The van der Waals surface area contributed by atoms with Crippen molar-refractivity contribution in [2.24, 2.45) is 0 Å². The van der Waals surface area contributed by atoms with Gasteiger partial charge >= 0.3 is 0 Å². The Hall–Kier alpha value is -2.52. The molecule has 1 aliphatic carbocycles. The minimum Gasteiger partial charge on any atom is -0.490 e. The van der Waals surface area contributed by atoms with E-state index in [-0.39, 0.29) is 6.10 Å². The van der Waals surface area contributed by atoms with Gasteiger partial charge in [0, 0.05) is 34.1 Å². The van der Waals surface area contributed by atoms with Gasteiger partial charge in [-0.15, -0.1) is 0 Å². The average molecular weight is 408 g/mol. The van der Waals surface area contributed by atoms with Gasteiger partial charge < -0.3 is 9.15 Å². The molecule has 0 aliphatic heterocycles. The van der Waals surface area contributed by atoms with Crippen LogP contribution in [0.25, 0.3) is 33.1 Å². The monoisotopic (exact) mass is 407 g/mol. The molecule has 5 rings (SSSR count). The maximum atomic E-state index is 6.57. The fourth-order valence-corrected chi connectivity index (χ4v) is 4.22. The first-order valence-corrected chi connectivity index (χ1v) is 10.9. The standard InChI is InChI=1S/C23H20ClNO2.C2H6/c24-21-12-17(26-16-7-2-1-3-8-16)11-18-19(21)13-25-14-20(18)23-10-15-6-4-5-9-22(15)27-23;1-2/h4-6,9-14,16H,1-3,7-8H2;1-2H3. The van der Waals surface area contributed by atoms with Crippen molar-refractivity contribution in [1.82, 2.24) is 4.98 Å². The number of ether oxygens (including phenoxy) is 1. The molecule has 0 amide bonds. The first-order valence-electron chi connectivity index (χ1n) is 10.5. The second kappa shape index (κ2) is 8.87. The van der Waals surface area contributed by atoms with Crippen molar-refractivity contribution in [1.29, 1.82) is 0 Å². The van der Waals surface area contributed by atoms with Gasteiger partial charge in [-0.25, -0.2) is 0 Å². The van der Waals surface area contributed by atoms with Gasteiger partial charge in [0.15, 0.2) is 0 Å². The molecule has 3 nitrogen and oxygen atoms in total. The molecule has 1 fully saturated rings. The Morgan fingerprint density at radius 1 is 0.966 bits per heavy atom. The number of pyridine rings is 1. The molecule has 0 radical (unpaired) electrons. The maximum Gasteiger partial charge on any atom is 0.137 e. The van der Waals surface area contributed by atoms with E-state index in [1.807, 2.05) is 56.4 Å². The van der Waals surface area contributed by atoms with Crippen LogP contribution in [0.5, 0.6) is 5.75 Å². The topological polar surface area (TPSA) is 35.3 Å². The molecule has 0 atom stereocenters. The summed E-state index contributed by atoms with van der Waals surface area (Å²) in [4.78, 5) is 4.38. The van der Waals surface area contributed by atoms with E-state index in [1.165, 1.54) is 19.3 Å². The van der Waals surface area contributed by atoms with E-state index in [0.717, 1.165) is 51.7 Å². The summed E-state index contributed by atoms with van der Waals surface area (Å²) in [7, 11) is 0. The molecule has 0 spiro atoms. The number of hydrogen-bond acceptors (Lipinski definition) is 3. The van der Waals surface area contributed by atoms with Crippen LogP contribution in [0.1, 0.15) is 46.0 Å². The third-order valence-electron chi connectivity index (χ3n) is 5.35. The number of hydrogen-bond donors (Lipinski definition) is 0. The highest BCUT2D eigenvalue weighted by molar-refractivity contribution is 6.36. The van der Waals surface area contributed by atoms with Crippen LogP contribution in [0.3, 0.4) is 0 Å². The van der Waals surface area contributed by atoms with E-state index in [2.05, 4.69) is 11.1 Å². The molecule has 29 heavy (non-hydrogen) atoms. The fourth-order valence-electron chi connectivity index (χ4n) is 3.96. The summed E-state index contributed by atoms with van der Waals surface area (Å²) >= 11 is 6.57. The number of para-hydroxylation sites is 1. The van der Waals surface area contributed by atoms with Crippen molar-refractivity contribution >= 4 is 33.3 Å². The Labute approximate surface area is 176 Å². The van der Waals surface area contributed by atoms with Gasteiger partial charge in [-0.3, -0.25) is 4.98 Å². The molecule has 0 bridgehead atoms. The van der Waals surface area contributed by atoms with E-state index in [1.54, 1.807) is 6.20 Å². The fraction of sp³-hybridized carbons (Fsp3) is 0.320. The molecule has 4 heteroatoms. The zero-order valence-corrected chi connectivity index (χ0v) is 17.7. The van der Waals surface area contributed by atoms with Crippen molar-refractivity contribution < 1.29 is 9.15 Å². The highest BCUT2D eigenvalue weighted by Gasteiger charge is 2.17. The normalized spacial score (nSPS) is 14.6. The van der Waals surface area contributed by atoms with E-state index in [9.17, 15) is 0 Å². The molecule has 2 heterocycles. The van der Waals surface area contributed by atoms with Crippen LogP contribution < -0.4 is 4.74 Å². The third kappa shape index (κ3) is 4.11. The number of nitrogens with zero attached hydrogens (tertiary/aromatic N) is 1. The number of fused-ring (bicyclic) bond motifs is 2. The van der Waals surface area contributed by atoms with Gasteiger partial charge in [0.05, 0.1) is 11.1 Å². The minimum absolute atomic E-state index is 0.281. The zero-order valence-electron chi connectivity index (χ0n) is 17.0. The highest BCUT2D eigenvalue weighted by Crippen LogP contribution is 2.37. The quantitative estimate of drug-likeness (QED) is 0.344. The number of halogens is 1. The minimum atomic E-state index is 0.281. The van der Waals surface area contributed by atoms with Gasteiger partial charge in [0.25, 0.3) is 0 Å². The van der Waals surface area contributed by atoms with Crippen LogP contribution in [0.4, 0.5) is 0 Å². The first-order chi connectivity index (χ1) is 14.3. The molecule has 2 aromatic carbocycles. The SMILES string of the molecule is CC.Clc1cc(OC2CCCCC2)cc2c(-c3cc4ccccc4o3)cncc12. The van der Waals surface area contributed by atoms with E-state index in [4.69, 9.17) is 20.8 Å². The lowest BCUT2D eigenvalue weighted by atomic mass is 9.97. The van der Waals surface area contributed by atoms with E-state index < -0.39 is 0 Å². The highest BCUT2D eigenvalue weighted by atomic mass is 35.5. The first kappa shape index (κ1) is 19.8. The Morgan fingerprint density at radius 3 is 2.55 bits per heavy atom. The molecule has 1 aliphatic rings. The number of furan rings is 1. The van der Waals surface area contributed by atoms with Gasteiger partial charge in [-0.2, -0.15) is 0 Å². The summed E-state index contributed by atoms with van der Waals surface area (Å²) < 4.78 is 12.3. The largest absolute Gasteiger partial charge is 0.490 e. The maximum absolute atomic E-state index is 6.57. The smallest absolute Gasteiger partial charge is 0.137 e. The second-order valence-corrected chi connectivity index (χ2v) is 7.62. The molecule has 4 aromatic rings. The van der Waals surface area contributed by atoms with E-state index >= 15 is 0 Å². The molecule has 0 saturated heterocycles. The third-order valence-corrected chi connectivity index (χ3v) is 5.66. The zero-order chi connectivity index (χ0) is 20.2. The van der Waals surface area contributed by atoms with Gasteiger partial charge in [-0.1, -0.05) is 50.1 Å². The molecule has 0 N–H and O–H groups in total. The lowest BCUT2D eigenvalue weighted by molar-refractivity contribution is 0.155. The predicted molar refractivity (Wildman–Crippen MR) is 121 cm³/mol. The lowest BCUT2D eigenvalue weighted by Crippen LogP contribution is -2.19. The van der Waals surface area contributed by atoms with Gasteiger partial charge in [-0.05, 0) is 49.9 Å². The van der Waals surface area contributed by atoms with Crippen molar-refractivity contribution in [2.45, 2.75) is 52.1 Å². The summed E-state index contributed by atoms with van der Waals surface area (Å²) in [6.07, 6.45) is 9.92. The summed E-state index contributed by atoms with van der Waals surface area (Å²) in [5, 5.41) is 3.64. The van der Waals surface area contributed by atoms with Crippen LogP contribution in [0.2, 0.25) is 5.02 Å². The Kier molecular flexibility index (Phi) is 6.05. The van der Waals surface area contributed by atoms with Crippen molar-refractivity contribution in [3.8, 4) is 17.1 Å². The number of aromatic nitrogens is 1. The predicted octanol–water partition coefficient (Wildman–Crippen LogP) is 8.04. The summed E-state index contributed by atoms with van der Waals surface area (Å²) in [5.74, 6) is 1.61. The molecular formula is C25H26ClNO2. The van der Waals surface area contributed by atoms with Crippen LogP contribution >= 0.6 is 11.6 Å². The summed E-state index contributed by atoms with van der Waals surface area (Å²) in [6, 6.07) is 14.0. The molecule has 1 saturated carbocycles. The lowest BCUT2D eigenvalue weighted by Gasteiger charge is -2.23. The molecule has 150 valence electrons. The number of rotatable bonds is 3. The molecule has 0 unspecified atom stereocenters. The Morgan fingerprint density at radius 2 is 1.76 bits per heavy atom. The van der Waals surface area contributed by atoms with Crippen molar-refractivity contribution in [3.63, 3.8) is 0 Å². The molecular weight excluding hydrogens is 382 g/mol. The average Bonchev–Trinajstić information content (AvgIpc) is 3.20. The summed E-state index contributed by atoms with van der Waals surface area (Å²) in [5.41, 5.74) is 1.80. The van der Waals surface area contributed by atoms with Crippen LogP contribution in [0, 0.1) is 0 Å². The van der Waals surface area contributed by atoms with Crippen LogP contribution in [-0.2, 0) is 0 Å². The Balaban J connectivity index is 0.000000994. The van der Waals surface area contributed by atoms with Crippen molar-refractivity contribution in [2.75, 3.05) is 0 Å². The Bertz CT molecular complexity index is 1080. The summed E-state index contributed by atoms with van der Waals surface area (Å²) in [6.45, 7) is 4.00.